The fourth-order valence-corrected chi connectivity index (χ4v) is 2.73. The molecule has 1 atom stereocenters. The van der Waals surface area contributed by atoms with Crippen LogP contribution in [-0.2, 0) is 17.2 Å². The van der Waals surface area contributed by atoms with Gasteiger partial charge in [0, 0.05) is 12.5 Å². The molecule has 0 radical (unpaired) electrons. The second-order valence-electron chi connectivity index (χ2n) is 4.15. The number of hydrogen-bond acceptors (Lipinski definition) is 4. The van der Waals surface area contributed by atoms with Gasteiger partial charge in [-0.1, -0.05) is 12.1 Å². The summed E-state index contributed by atoms with van der Waals surface area (Å²) in [6.45, 7) is 2.57. The molecule has 2 aromatic rings. The number of halogens is 1. The Morgan fingerprint density at radius 1 is 1.42 bits per heavy atom. The molecule has 2 rings (SSSR count). The van der Waals surface area contributed by atoms with Crippen molar-refractivity contribution in [3.8, 4) is 5.75 Å². The topological polar surface area (TPSA) is 31.4 Å². The number of thiazole rings is 1. The first-order valence-corrected chi connectivity index (χ1v) is 7.39. The summed E-state index contributed by atoms with van der Waals surface area (Å²) in [7, 11) is 1.68. The van der Waals surface area contributed by atoms with Crippen molar-refractivity contribution in [2.75, 3.05) is 7.11 Å². The van der Waals surface area contributed by atoms with Gasteiger partial charge in [-0.05, 0) is 24.6 Å². The Morgan fingerprint density at radius 3 is 2.95 bits per heavy atom. The highest BCUT2D eigenvalue weighted by Crippen LogP contribution is 2.25. The average Bonchev–Trinajstić information content (AvgIpc) is 2.88. The lowest BCUT2D eigenvalue weighted by Gasteiger charge is -2.13. The summed E-state index contributed by atoms with van der Waals surface area (Å²) in [5.41, 5.74) is 1.98. The molecule has 19 heavy (non-hydrogen) atoms. The molecular formula is C14H16ClNO2S. The lowest BCUT2D eigenvalue weighted by Crippen LogP contribution is -2.03. The Morgan fingerprint density at radius 2 is 2.26 bits per heavy atom. The number of aromatic nitrogens is 1. The Labute approximate surface area is 122 Å². The lowest BCUT2D eigenvalue weighted by atomic mass is 10.2. The van der Waals surface area contributed by atoms with Gasteiger partial charge in [0.05, 0.1) is 18.2 Å². The zero-order valence-corrected chi connectivity index (χ0v) is 12.5. The molecule has 0 amide bonds. The van der Waals surface area contributed by atoms with Crippen LogP contribution in [0.1, 0.15) is 29.3 Å². The summed E-state index contributed by atoms with van der Waals surface area (Å²) in [5, 5.41) is 2.90. The van der Waals surface area contributed by atoms with Gasteiger partial charge in [0.25, 0.3) is 0 Å². The van der Waals surface area contributed by atoms with E-state index in [2.05, 4.69) is 4.98 Å². The fraction of sp³-hybridized carbons (Fsp3) is 0.357. The van der Waals surface area contributed by atoms with Gasteiger partial charge in [-0.25, -0.2) is 4.98 Å². The third-order valence-corrected chi connectivity index (χ3v) is 3.90. The molecule has 0 spiro atoms. The highest BCUT2D eigenvalue weighted by molar-refractivity contribution is 7.09. The van der Waals surface area contributed by atoms with Crippen molar-refractivity contribution in [1.29, 1.82) is 0 Å². The van der Waals surface area contributed by atoms with Crippen molar-refractivity contribution in [2.45, 2.75) is 25.5 Å². The number of hydrogen-bond donors (Lipinski definition) is 0. The largest absolute Gasteiger partial charge is 0.484 e. The van der Waals surface area contributed by atoms with E-state index < -0.39 is 0 Å². The van der Waals surface area contributed by atoms with Crippen LogP contribution in [-0.4, -0.2) is 12.1 Å². The zero-order valence-electron chi connectivity index (χ0n) is 10.9. The Bertz CT molecular complexity index is 530. The second kappa shape index (κ2) is 6.89. The van der Waals surface area contributed by atoms with Crippen molar-refractivity contribution in [2.24, 2.45) is 0 Å². The van der Waals surface area contributed by atoms with Crippen LogP contribution in [0.15, 0.2) is 29.6 Å². The van der Waals surface area contributed by atoms with Gasteiger partial charge >= 0.3 is 0 Å². The van der Waals surface area contributed by atoms with Crippen LogP contribution < -0.4 is 4.74 Å². The standard InChI is InChI=1S/C14H16ClNO2S/c1-10(14-16-12(7-15)9-19-14)18-13-5-3-4-11(6-13)8-17-2/h3-6,9-10H,7-8H2,1-2H3. The fourth-order valence-electron chi connectivity index (χ4n) is 1.70. The maximum Gasteiger partial charge on any atom is 0.147 e. The van der Waals surface area contributed by atoms with E-state index in [1.54, 1.807) is 18.4 Å². The summed E-state index contributed by atoms with van der Waals surface area (Å²) in [6, 6.07) is 7.89. The van der Waals surface area contributed by atoms with Gasteiger partial charge in [0.1, 0.15) is 16.9 Å². The van der Waals surface area contributed by atoms with E-state index in [0.717, 1.165) is 22.0 Å². The van der Waals surface area contributed by atoms with Gasteiger partial charge in [0.15, 0.2) is 0 Å². The minimum atomic E-state index is -0.0836. The van der Waals surface area contributed by atoms with Crippen LogP contribution in [0.4, 0.5) is 0 Å². The van der Waals surface area contributed by atoms with E-state index in [1.165, 1.54) is 0 Å². The van der Waals surface area contributed by atoms with E-state index in [9.17, 15) is 0 Å². The van der Waals surface area contributed by atoms with Gasteiger partial charge in [0.2, 0.25) is 0 Å². The summed E-state index contributed by atoms with van der Waals surface area (Å²) >= 11 is 7.32. The SMILES string of the molecule is COCc1cccc(OC(C)c2nc(CCl)cs2)c1. The average molecular weight is 298 g/mol. The molecule has 1 aromatic heterocycles. The summed E-state index contributed by atoms with van der Waals surface area (Å²) < 4.78 is 11.0. The van der Waals surface area contributed by atoms with Crippen molar-refractivity contribution < 1.29 is 9.47 Å². The summed E-state index contributed by atoms with van der Waals surface area (Å²) in [5.74, 6) is 1.26. The maximum absolute atomic E-state index is 5.89. The van der Waals surface area contributed by atoms with E-state index >= 15 is 0 Å². The number of ether oxygens (including phenoxy) is 2. The first-order chi connectivity index (χ1) is 9.22. The molecule has 0 fully saturated rings. The molecule has 1 heterocycles. The van der Waals surface area contributed by atoms with Crippen molar-refractivity contribution in [1.82, 2.24) is 4.98 Å². The van der Waals surface area contributed by atoms with E-state index in [1.807, 2.05) is 36.6 Å². The number of rotatable bonds is 6. The molecule has 0 aliphatic rings. The smallest absolute Gasteiger partial charge is 0.147 e. The molecule has 0 aliphatic carbocycles. The minimum absolute atomic E-state index is 0.0836. The molecule has 0 N–H and O–H groups in total. The van der Waals surface area contributed by atoms with E-state index in [0.29, 0.717) is 12.5 Å². The zero-order chi connectivity index (χ0) is 13.7. The summed E-state index contributed by atoms with van der Waals surface area (Å²) in [4.78, 5) is 4.42. The molecule has 0 bridgehead atoms. The Balaban J connectivity index is 2.05. The molecular weight excluding hydrogens is 282 g/mol. The third-order valence-electron chi connectivity index (χ3n) is 2.58. The first kappa shape index (κ1) is 14.3. The number of benzene rings is 1. The van der Waals surface area contributed by atoms with Crippen molar-refractivity contribution in [3.05, 3.63) is 45.9 Å². The lowest BCUT2D eigenvalue weighted by molar-refractivity contribution is 0.183. The molecule has 3 nitrogen and oxygen atoms in total. The minimum Gasteiger partial charge on any atom is -0.484 e. The molecule has 0 saturated heterocycles. The van der Waals surface area contributed by atoms with Gasteiger partial charge in [-0.2, -0.15) is 0 Å². The molecule has 1 aromatic carbocycles. The van der Waals surface area contributed by atoms with Crippen molar-refractivity contribution in [3.63, 3.8) is 0 Å². The highest BCUT2D eigenvalue weighted by atomic mass is 35.5. The quantitative estimate of drug-likeness (QED) is 0.750. The number of alkyl halides is 1. The number of nitrogens with zero attached hydrogens (tertiary/aromatic N) is 1. The van der Waals surface area contributed by atoms with E-state index in [-0.39, 0.29) is 6.10 Å². The van der Waals surface area contributed by atoms with Gasteiger partial charge in [-0.15, -0.1) is 22.9 Å². The van der Waals surface area contributed by atoms with Crippen LogP contribution in [0.3, 0.4) is 0 Å². The molecule has 0 saturated carbocycles. The molecule has 5 heteroatoms. The van der Waals surface area contributed by atoms with Crippen molar-refractivity contribution >= 4 is 22.9 Å². The summed E-state index contributed by atoms with van der Waals surface area (Å²) in [6.07, 6.45) is -0.0836. The molecule has 102 valence electrons. The second-order valence-corrected chi connectivity index (χ2v) is 5.31. The van der Waals surface area contributed by atoms with Gasteiger partial charge in [-0.3, -0.25) is 0 Å². The predicted molar refractivity (Wildman–Crippen MR) is 77.9 cm³/mol. The number of methoxy groups -OCH3 is 1. The molecule has 0 aliphatic heterocycles. The van der Waals surface area contributed by atoms with Gasteiger partial charge < -0.3 is 9.47 Å². The Hall–Kier alpha value is -1.10. The van der Waals surface area contributed by atoms with Crippen LogP contribution in [0.25, 0.3) is 0 Å². The Kier molecular flexibility index (Phi) is 5.19. The predicted octanol–water partition coefficient (Wildman–Crippen LogP) is 4.17. The van der Waals surface area contributed by atoms with Crippen LogP contribution >= 0.6 is 22.9 Å². The normalized spacial score (nSPS) is 12.4. The van der Waals surface area contributed by atoms with Crippen LogP contribution in [0.5, 0.6) is 5.75 Å². The molecule has 1 unspecified atom stereocenters. The van der Waals surface area contributed by atoms with Crippen LogP contribution in [0, 0.1) is 0 Å². The van der Waals surface area contributed by atoms with Crippen LogP contribution in [0.2, 0.25) is 0 Å². The first-order valence-electron chi connectivity index (χ1n) is 5.97. The maximum atomic E-state index is 5.89. The highest BCUT2D eigenvalue weighted by Gasteiger charge is 2.12. The monoisotopic (exact) mass is 297 g/mol. The van der Waals surface area contributed by atoms with E-state index in [4.69, 9.17) is 21.1 Å². The third kappa shape index (κ3) is 3.93.